The van der Waals surface area contributed by atoms with E-state index in [1.54, 1.807) is 0 Å². The van der Waals surface area contributed by atoms with Crippen LogP contribution in [-0.4, -0.2) is 17.1 Å². The zero-order chi connectivity index (χ0) is 19.9. The maximum absolute atomic E-state index is 2.90. The lowest BCUT2D eigenvalue weighted by Gasteiger charge is -2.40. The van der Waals surface area contributed by atoms with Crippen LogP contribution in [0.4, 0.5) is 0 Å². The van der Waals surface area contributed by atoms with E-state index < -0.39 is 8.07 Å². The van der Waals surface area contributed by atoms with Crippen molar-refractivity contribution in [2.45, 2.75) is 25.4 Å². The standard InChI is InChI=1S/C26H29NP2/c1-2-3-21-27(28-22-13-20-26(28)23-14-7-4-8-15-23)29(24-16-9-5-10-17-24)25-18-11-6-12-19-25/h4-20,26H,2-3,21-22H2,1H3/t26-,28?/m0/s1. The molecule has 2 atom stereocenters. The minimum atomic E-state index is -0.532. The normalized spacial score (nSPS) is 18.6. The van der Waals surface area contributed by atoms with Gasteiger partial charge in [0.25, 0.3) is 0 Å². The fourth-order valence-electron chi connectivity index (χ4n) is 3.88. The summed E-state index contributed by atoms with van der Waals surface area (Å²) >= 11 is 0. The van der Waals surface area contributed by atoms with Crippen LogP contribution in [0.3, 0.4) is 0 Å². The molecule has 0 amide bonds. The van der Waals surface area contributed by atoms with Gasteiger partial charge in [0, 0.05) is 20.3 Å². The third-order valence-electron chi connectivity index (χ3n) is 5.31. The summed E-state index contributed by atoms with van der Waals surface area (Å²) in [7, 11) is -0.827. The molecule has 1 heterocycles. The predicted molar refractivity (Wildman–Crippen MR) is 131 cm³/mol. The fourth-order valence-corrected chi connectivity index (χ4v) is 10.3. The number of allylic oxidation sites excluding steroid dienone is 2. The Kier molecular flexibility index (Phi) is 7.28. The molecule has 0 bridgehead atoms. The summed E-state index contributed by atoms with van der Waals surface area (Å²) in [5.41, 5.74) is 1.99. The molecule has 4 rings (SSSR count). The number of unbranched alkanes of at least 4 members (excludes halogenated alkanes) is 1. The number of hydrogen-bond acceptors (Lipinski definition) is 1. The van der Waals surface area contributed by atoms with Gasteiger partial charge in [-0.2, -0.15) is 0 Å². The highest BCUT2D eigenvalue weighted by atomic mass is 31.2. The minimum Gasteiger partial charge on any atom is -0.251 e. The van der Waals surface area contributed by atoms with Gasteiger partial charge in [-0.1, -0.05) is 116 Å². The van der Waals surface area contributed by atoms with Crippen molar-refractivity contribution in [2.24, 2.45) is 0 Å². The summed E-state index contributed by atoms with van der Waals surface area (Å²) < 4.78 is 2.90. The molecule has 1 aliphatic rings. The van der Waals surface area contributed by atoms with E-state index in [0.717, 1.165) is 0 Å². The van der Waals surface area contributed by atoms with Crippen molar-refractivity contribution < 1.29 is 0 Å². The first kappa shape index (κ1) is 20.5. The van der Waals surface area contributed by atoms with Crippen LogP contribution < -0.4 is 10.6 Å². The average Bonchev–Trinajstić information content (AvgIpc) is 3.28. The third-order valence-corrected chi connectivity index (χ3v) is 11.3. The van der Waals surface area contributed by atoms with Gasteiger partial charge in [-0.3, -0.25) is 4.44 Å². The molecule has 0 aromatic heterocycles. The van der Waals surface area contributed by atoms with Gasteiger partial charge in [0.05, 0.1) is 0 Å². The van der Waals surface area contributed by atoms with Gasteiger partial charge in [0.15, 0.2) is 0 Å². The first-order valence-electron chi connectivity index (χ1n) is 10.5. The monoisotopic (exact) mass is 417 g/mol. The first-order valence-corrected chi connectivity index (χ1v) is 13.4. The van der Waals surface area contributed by atoms with Gasteiger partial charge in [0.2, 0.25) is 0 Å². The second-order valence-corrected chi connectivity index (χ2v) is 12.1. The summed E-state index contributed by atoms with van der Waals surface area (Å²) in [5, 5.41) is 2.93. The van der Waals surface area contributed by atoms with Crippen molar-refractivity contribution in [1.82, 2.24) is 4.44 Å². The lowest BCUT2D eigenvalue weighted by atomic mass is 10.1. The Balaban J connectivity index is 1.75. The van der Waals surface area contributed by atoms with Gasteiger partial charge < -0.3 is 0 Å². The van der Waals surface area contributed by atoms with E-state index in [1.807, 2.05) is 0 Å². The first-order chi connectivity index (χ1) is 14.4. The fraction of sp³-hybridized carbons (Fsp3) is 0.231. The van der Waals surface area contributed by atoms with Crippen molar-refractivity contribution in [1.29, 1.82) is 0 Å². The van der Waals surface area contributed by atoms with Gasteiger partial charge in [-0.15, -0.1) is 0 Å². The van der Waals surface area contributed by atoms with Crippen LogP contribution in [-0.2, 0) is 0 Å². The minimum absolute atomic E-state index is 0.295. The van der Waals surface area contributed by atoms with Crippen LogP contribution in [0.25, 0.3) is 0 Å². The lowest BCUT2D eigenvalue weighted by molar-refractivity contribution is 0.638. The molecule has 0 saturated heterocycles. The molecule has 3 heteroatoms. The molecule has 0 aliphatic carbocycles. The Morgan fingerprint density at radius 1 is 0.828 bits per heavy atom. The van der Waals surface area contributed by atoms with E-state index in [1.165, 1.54) is 41.7 Å². The maximum atomic E-state index is 2.90. The van der Waals surface area contributed by atoms with E-state index in [-0.39, 0.29) is 8.07 Å². The molecule has 1 nitrogen and oxygen atoms in total. The second-order valence-electron chi connectivity index (χ2n) is 7.34. The van der Waals surface area contributed by atoms with Gasteiger partial charge in [-0.25, -0.2) is 0 Å². The summed E-state index contributed by atoms with van der Waals surface area (Å²) in [4.78, 5) is 0. The molecular weight excluding hydrogens is 388 g/mol. The smallest absolute Gasteiger partial charge is 0.0359 e. The van der Waals surface area contributed by atoms with Gasteiger partial charge >= 0.3 is 0 Å². The van der Waals surface area contributed by atoms with E-state index >= 15 is 0 Å². The third kappa shape index (κ3) is 4.87. The second kappa shape index (κ2) is 10.3. The highest BCUT2D eigenvalue weighted by Crippen LogP contribution is 2.65. The summed E-state index contributed by atoms with van der Waals surface area (Å²) in [5.74, 6) is 0. The topological polar surface area (TPSA) is 3.24 Å². The van der Waals surface area contributed by atoms with Crippen molar-refractivity contribution in [3.8, 4) is 0 Å². The van der Waals surface area contributed by atoms with Crippen molar-refractivity contribution in [3.05, 3.63) is 109 Å². The molecule has 0 spiro atoms. The summed E-state index contributed by atoms with van der Waals surface area (Å²) in [6.45, 7) is 3.48. The molecule has 3 aromatic rings. The molecule has 0 radical (unpaired) electrons. The van der Waals surface area contributed by atoms with Crippen molar-refractivity contribution >= 4 is 26.8 Å². The molecule has 3 aromatic carbocycles. The number of benzene rings is 3. The van der Waals surface area contributed by atoms with Crippen molar-refractivity contribution in [2.75, 3.05) is 12.7 Å². The number of nitrogens with zero attached hydrogens (tertiary/aromatic N) is 1. The molecule has 1 unspecified atom stereocenters. The Labute approximate surface area is 178 Å². The highest BCUT2D eigenvalue weighted by Gasteiger charge is 2.34. The molecule has 0 N–H and O–H groups in total. The predicted octanol–water partition coefficient (Wildman–Crippen LogP) is 6.84. The molecule has 29 heavy (non-hydrogen) atoms. The summed E-state index contributed by atoms with van der Waals surface area (Å²) in [6.07, 6.45) is 8.56. The Morgan fingerprint density at radius 2 is 1.38 bits per heavy atom. The van der Waals surface area contributed by atoms with Gasteiger partial charge in [-0.05, 0) is 36.8 Å². The SMILES string of the molecule is CCCCN(P(c1ccccc1)c1ccccc1)P1CC=C[C@H]1c1ccccc1. The Morgan fingerprint density at radius 3 is 1.93 bits per heavy atom. The summed E-state index contributed by atoms with van der Waals surface area (Å²) in [6, 6.07) is 33.5. The Hall–Kier alpha value is -1.78. The zero-order valence-electron chi connectivity index (χ0n) is 17.1. The number of rotatable bonds is 8. The zero-order valence-corrected chi connectivity index (χ0v) is 18.9. The van der Waals surface area contributed by atoms with Crippen LogP contribution in [0.5, 0.6) is 0 Å². The average molecular weight is 417 g/mol. The van der Waals surface area contributed by atoms with Crippen LogP contribution >= 0.6 is 16.1 Å². The molecule has 1 aliphatic heterocycles. The van der Waals surface area contributed by atoms with E-state index in [0.29, 0.717) is 5.66 Å². The van der Waals surface area contributed by atoms with Gasteiger partial charge in [0.1, 0.15) is 0 Å². The molecule has 148 valence electrons. The van der Waals surface area contributed by atoms with Crippen LogP contribution in [0.1, 0.15) is 31.0 Å². The molecular formula is C26H29NP2. The largest absolute Gasteiger partial charge is 0.251 e. The number of hydrogen-bond donors (Lipinski definition) is 0. The molecule has 0 fully saturated rings. The van der Waals surface area contributed by atoms with Crippen molar-refractivity contribution in [3.63, 3.8) is 0 Å². The van der Waals surface area contributed by atoms with Crippen LogP contribution in [0.15, 0.2) is 103 Å². The Bertz CT molecular complexity index is 856. The van der Waals surface area contributed by atoms with E-state index in [9.17, 15) is 0 Å². The van der Waals surface area contributed by atoms with Crippen LogP contribution in [0.2, 0.25) is 0 Å². The van der Waals surface area contributed by atoms with E-state index in [2.05, 4.69) is 115 Å². The van der Waals surface area contributed by atoms with E-state index in [4.69, 9.17) is 0 Å². The maximum Gasteiger partial charge on any atom is 0.0359 e. The lowest BCUT2D eigenvalue weighted by Crippen LogP contribution is -2.27. The molecule has 0 saturated carbocycles. The van der Waals surface area contributed by atoms with Crippen LogP contribution in [0, 0.1) is 0 Å². The highest BCUT2D eigenvalue weighted by molar-refractivity contribution is 7.79. The quantitative estimate of drug-likeness (QED) is 0.286.